The number of aromatic nitrogens is 22. The molecule has 0 spiro atoms. The molecular weight excluding hydrogens is 1810 g/mol. The van der Waals surface area contributed by atoms with E-state index >= 15 is 0 Å². The van der Waals surface area contributed by atoms with Gasteiger partial charge >= 0.3 is 11.6 Å². The maximum atomic E-state index is 9.51. The van der Waals surface area contributed by atoms with Crippen LogP contribution in [-0.4, -0.2) is 136 Å². The van der Waals surface area contributed by atoms with E-state index in [2.05, 4.69) is 256 Å². The Hall–Kier alpha value is -13.3. The van der Waals surface area contributed by atoms with Gasteiger partial charge in [0, 0.05) is 101 Å². The van der Waals surface area contributed by atoms with Gasteiger partial charge in [-0.3, -0.25) is 49.7 Å². The number of rotatable bonds is 10. The van der Waals surface area contributed by atoms with Crippen molar-refractivity contribution in [2.45, 2.75) is 292 Å². The molecule has 2 N–H and O–H groups in total. The second kappa shape index (κ2) is 49.0. The molecule has 0 saturated heterocycles. The molecule has 12 aromatic heterocycles. The van der Waals surface area contributed by atoms with Crippen molar-refractivity contribution in [3.8, 4) is 96.3 Å². The number of methoxy groups -OCH3 is 1. The smallest absolute Gasteiger partial charge is 0.335 e. The van der Waals surface area contributed by atoms with Gasteiger partial charge in [-0.15, -0.1) is 27.7 Å². The van der Waals surface area contributed by atoms with Crippen molar-refractivity contribution in [3.63, 3.8) is 0 Å². The predicted molar refractivity (Wildman–Crippen MR) is 566 cm³/mol. The molecule has 0 atom stereocenters. The molecular formula is C109H141N23O5S3. The first kappa shape index (κ1) is 114. The van der Waals surface area contributed by atoms with Crippen molar-refractivity contribution >= 4 is 40.1 Å². The zero-order valence-electron chi connectivity index (χ0n) is 88.8. The zero-order valence-corrected chi connectivity index (χ0v) is 91.3. The van der Waals surface area contributed by atoms with Gasteiger partial charge in [-0.05, 0) is 125 Å². The number of nitrogens with zero attached hydrogens (tertiary/aromatic N) is 22. The van der Waals surface area contributed by atoms with Crippen molar-refractivity contribution in [1.29, 1.82) is 0 Å². The number of thiazole rings is 2. The van der Waals surface area contributed by atoms with Crippen LogP contribution in [-0.2, 0) is 61.9 Å². The van der Waals surface area contributed by atoms with E-state index in [1.54, 1.807) is 77.6 Å². The molecule has 0 saturated carbocycles. The Morgan fingerprint density at radius 2 is 0.721 bits per heavy atom. The molecule has 0 unspecified atom stereocenters. The summed E-state index contributed by atoms with van der Waals surface area (Å²) in [4.78, 5) is 84.4. The third kappa shape index (κ3) is 34.1. The molecule has 740 valence electrons. The predicted octanol–water partition coefficient (Wildman–Crippen LogP) is 25.4. The average molecular weight is 1950 g/mol. The summed E-state index contributed by atoms with van der Waals surface area (Å²) in [7, 11) is 3.57. The molecule has 15 rings (SSSR count). The van der Waals surface area contributed by atoms with E-state index in [1.807, 2.05) is 197 Å². The highest BCUT2D eigenvalue weighted by atomic mass is 32.1. The summed E-state index contributed by atoms with van der Waals surface area (Å²) < 4.78 is 29.3. The lowest BCUT2D eigenvalue weighted by molar-refractivity contribution is 0.242. The van der Waals surface area contributed by atoms with Gasteiger partial charge in [-0.25, -0.2) is 44.9 Å². The lowest BCUT2D eigenvalue weighted by Crippen LogP contribution is -2.16. The molecule has 0 fully saturated rings. The lowest BCUT2D eigenvalue weighted by atomic mass is 9.90. The van der Waals surface area contributed by atoms with E-state index < -0.39 is 11.6 Å². The van der Waals surface area contributed by atoms with Crippen LogP contribution in [0.2, 0.25) is 0 Å². The minimum absolute atomic E-state index is 0.00616. The van der Waals surface area contributed by atoms with Gasteiger partial charge in [0.25, 0.3) is 5.82 Å². The number of H-pyrrole nitrogens is 1. The lowest BCUT2D eigenvalue weighted by Gasteiger charge is -2.20. The third-order valence-electron chi connectivity index (χ3n) is 20.8. The molecule has 15 aromatic rings. The second-order valence-corrected chi connectivity index (χ2v) is 44.1. The number of aromatic amines is 1. The Bertz CT molecular complexity index is 6450. The first-order valence-corrected chi connectivity index (χ1v) is 48.7. The van der Waals surface area contributed by atoms with E-state index in [1.165, 1.54) is 6.20 Å². The van der Waals surface area contributed by atoms with Crippen LogP contribution in [0.5, 0.6) is 17.2 Å². The number of aryl methyl sites for hydroxylation is 10. The fraction of sp³-hybridized carbons (Fsp3) is 0.422. The quantitative estimate of drug-likeness (QED) is 0.120. The number of nitrogens with one attached hydrogen (secondary N) is 1. The summed E-state index contributed by atoms with van der Waals surface area (Å²) in [5, 5.41) is 25.4. The molecule has 140 heavy (non-hydrogen) atoms. The van der Waals surface area contributed by atoms with Crippen molar-refractivity contribution in [1.82, 2.24) is 110 Å². The number of hydrogen-bond acceptors (Lipinski definition) is 27. The van der Waals surface area contributed by atoms with Crippen molar-refractivity contribution in [2.24, 2.45) is 7.05 Å². The van der Waals surface area contributed by atoms with Crippen LogP contribution >= 0.6 is 22.7 Å². The van der Waals surface area contributed by atoms with E-state index in [-0.39, 0.29) is 55.2 Å². The van der Waals surface area contributed by atoms with Gasteiger partial charge < -0.3 is 19.4 Å². The van der Waals surface area contributed by atoms with Crippen molar-refractivity contribution in [2.75, 3.05) is 7.11 Å². The van der Waals surface area contributed by atoms with Crippen LogP contribution in [0.1, 0.15) is 276 Å². The van der Waals surface area contributed by atoms with Crippen LogP contribution in [0.3, 0.4) is 0 Å². The molecule has 12 heterocycles. The number of hydrogen-bond donors (Lipinski definition) is 2. The molecule has 0 aliphatic heterocycles. The first-order valence-electron chi connectivity index (χ1n) is 46.2. The van der Waals surface area contributed by atoms with E-state index in [4.69, 9.17) is 44.4 Å². The maximum absolute atomic E-state index is 9.51. The summed E-state index contributed by atoms with van der Waals surface area (Å²) in [6.07, 6.45) is 21.6. The van der Waals surface area contributed by atoms with Gasteiger partial charge in [0.15, 0.2) is 5.69 Å². The van der Waals surface area contributed by atoms with Crippen molar-refractivity contribution < 1.29 is 23.0 Å². The highest BCUT2D eigenvalue weighted by Crippen LogP contribution is 2.36. The standard InChI is InChI=1S/C18H24N2O.C16H20N2O.C15H18N2O.C13H18N4.C13H17N3S.C12H16N4.C12H15N3S.C10H13N3.O2S/c1-12(2)21-15-9-7-14(8-10-15)16-11-19-13(3)17(20-16)18(4,5)6;1-11-15(16(2,3)4)18-14(10-17-11)12-7-6-8-13(9-12)19-5;1-10-14(15(2,3)4)17-13(9-16-10)11-6-5-7-12(18)8-11;1-9-12(13(2,3)4)16-11(7-14-9)10-6-15-17(5)8-10;1-8-12(13(3,4)5)16-10(6-14-8)11-7-17-9(2)15-11;1-8-11(12(2,3)4)16-10(7-13-8)9-5-14-15-6-9;1-8-11(12(2,3)4)15-9(5-13-8)10-6-16-7-14-10;1-7-9(10(2,3)4)13-8(11-5)6-12-7;1-3-2/h7-12H,1-6H3;6-10H,1-5H3;5-9,18H,1-4H3;6-8H,1-5H3;6-7H,1-5H3;5-7H,1-4H3,(H,14,15);5-7H,1-4H3;6H,1-4H3;. The summed E-state index contributed by atoms with van der Waals surface area (Å²) in [6, 6.07) is 23.0. The van der Waals surface area contributed by atoms with Gasteiger partial charge in [0.2, 0.25) is 0 Å². The Morgan fingerprint density at radius 1 is 0.379 bits per heavy atom. The Balaban J connectivity index is 0.000000217. The molecule has 0 radical (unpaired) electrons. The SMILES string of the molecule is COc1cccc(-c2cnc(C)c(C(C)(C)C)n2)c1.Cc1nc(-c2cnc(C)c(C(C)(C)C)n2)cs1.Cc1ncc(-c2ccc(OC(C)C)cc2)nc1C(C)(C)C.Cc1ncc(-c2cccc(O)c2)nc1C(C)(C)C.Cc1ncc(-c2cn[nH]c2)nc1C(C)(C)C.Cc1ncc(-c2cnn(C)c2)nc1C(C)(C)C.Cc1ncc(-c2cscn2)nc1C(C)(C)C.O=S=O.[C-]#[N+]c1cnc(C)c(C(C)(C)C)n1. The second-order valence-electron chi connectivity index (χ2n) is 42.2. The number of phenols is 1. The van der Waals surface area contributed by atoms with Gasteiger partial charge in [0.05, 0.1) is 200 Å². The highest BCUT2D eigenvalue weighted by Gasteiger charge is 2.29. The zero-order chi connectivity index (χ0) is 105. The average Bonchev–Trinajstić information content (AvgIpc) is 1.58. The van der Waals surface area contributed by atoms with Crippen LogP contribution in [0.15, 0.2) is 163 Å². The monoisotopic (exact) mass is 1950 g/mol. The number of aromatic hydroxyl groups is 1. The number of ether oxygens (including phenoxy) is 2. The van der Waals surface area contributed by atoms with E-state index in [0.29, 0.717) is 5.82 Å². The van der Waals surface area contributed by atoms with E-state index in [0.717, 1.165) is 187 Å². The molecule has 3 aromatic carbocycles. The fourth-order valence-electron chi connectivity index (χ4n) is 14.5. The molecule has 0 aliphatic rings. The fourth-order valence-corrected chi connectivity index (χ4v) is 15.6. The number of benzene rings is 3. The third-order valence-corrected chi connectivity index (χ3v) is 22.2. The van der Waals surface area contributed by atoms with E-state index in [9.17, 15) is 5.11 Å². The summed E-state index contributed by atoms with van der Waals surface area (Å²) in [5.41, 5.74) is 30.5. The van der Waals surface area contributed by atoms with Gasteiger partial charge in [0.1, 0.15) is 40.0 Å². The van der Waals surface area contributed by atoms with Crippen molar-refractivity contribution in [3.05, 3.63) is 271 Å². The minimum Gasteiger partial charge on any atom is -0.508 e. The minimum atomic E-state index is -0.750. The van der Waals surface area contributed by atoms with Crippen LogP contribution in [0, 0.1) is 68.9 Å². The van der Waals surface area contributed by atoms with Gasteiger partial charge in [-0.1, -0.05) is 197 Å². The topological polar surface area (TPSA) is 356 Å². The molecule has 0 bridgehead atoms. The summed E-state index contributed by atoms with van der Waals surface area (Å²) in [5.74, 6) is 2.32. The maximum Gasteiger partial charge on any atom is 0.335 e. The van der Waals surface area contributed by atoms with Crippen LogP contribution in [0.4, 0.5) is 5.82 Å². The molecule has 28 nitrogen and oxygen atoms in total. The van der Waals surface area contributed by atoms with Crippen LogP contribution < -0.4 is 9.47 Å². The molecule has 0 amide bonds. The Kier molecular flexibility index (Phi) is 39.8. The summed E-state index contributed by atoms with van der Waals surface area (Å²) >= 11 is 2.46. The summed E-state index contributed by atoms with van der Waals surface area (Å²) in [6.45, 7) is 80.1. The number of phenolic OH excluding ortho intramolecular Hbond substituents is 1. The van der Waals surface area contributed by atoms with Crippen LogP contribution in [0.25, 0.3) is 83.9 Å². The largest absolute Gasteiger partial charge is 0.508 e. The first-order chi connectivity index (χ1) is 65.1. The van der Waals surface area contributed by atoms with Gasteiger partial charge in [-0.2, -0.15) is 18.6 Å². The Labute approximate surface area is 840 Å². The molecule has 0 aliphatic carbocycles. The molecule has 31 heteroatoms. The Morgan fingerprint density at radius 3 is 1.04 bits per heavy atom. The normalized spacial score (nSPS) is 11.5. The highest BCUT2D eigenvalue weighted by molar-refractivity contribution is 7.51.